The predicted molar refractivity (Wildman–Crippen MR) is 58.9 cm³/mol. The van der Waals surface area contributed by atoms with Crippen molar-refractivity contribution in [3.63, 3.8) is 0 Å². The summed E-state index contributed by atoms with van der Waals surface area (Å²) < 4.78 is 10.8. The first-order valence-electron chi connectivity index (χ1n) is 4.94. The van der Waals surface area contributed by atoms with Crippen molar-refractivity contribution in [3.8, 4) is 5.75 Å². The largest absolute Gasteiger partial charge is 0.490 e. The molecule has 0 aliphatic carbocycles. The first kappa shape index (κ1) is 10.5. The summed E-state index contributed by atoms with van der Waals surface area (Å²) in [6, 6.07) is 0.424. The molecule has 1 aromatic heterocycles. The Hall–Kier alpha value is -1.98. The summed E-state index contributed by atoms with van der Waals surface area (Å²) in [5.74, 6) is 0.654. The van der Waals surface area contributed by atoms with Gasteiger partial charge in [0.1, 0.15) is 12.4 Å². The van der Waals surface area contributed by atoms with Crippen LogP contribution in [0.15, 0.2) is 28.7 Å². The van der Waals surface area contributed by atoms with Gasteiger partial charge in [0.25, 0.3) is 0 Å². The molecule has 0 bridgehead atoms. The summed E-state index contributed by atoms with van der Waals surface area (Å²) in [7, 11) is 1.65. The third kappa shape index (κ3) is 2.75. The van der Waals surface area contributed by atoms with Gasteiger partial charge in [-0.1, -0.05) is 0 Å². The molecule has 0 spiro atoms. The second-order valence-electron chi connectivity index (χ2n) is 3.15. The molecular weight excluding hydrogens is 208 g/mol. The van der Waals surface area contributed by atoms with Gasteiger partial charge in [0, 0.05) is 13.5 Å². The molecule has 6 heteroatoms. The van der Waals surface area contributed by atoms with Gasteiger partial charge < -0.3 is 9.47 Å². The van der Waals surface area contributed by atoms with E-state index in [-0.39, 0.29) is 6.10 Å². The van der Waals surface area contributed by atoms with Gasteiger partial charge in [-0.05, 0) is 0 Å². The molecule has 6 nitrogen and oxygen atoms in total. The van der Waals surface area contributed by atoms with Crippen molar-refractivity contribution in [2.45, 2.75) is 12.5 Å². The molecule has 0 saturated heterocycles. The van der Waals surface area contributed by atoms with Gasteiger partial charge in [0.2, 0.25) is 0 Å². The summed E-state index contributed by atoms with van der Waals surface area (Å²) >= 11 is 0. The summed E-state index contributed by atoms with van der Waals surface area (Å²) in [6.07, 6.45) is 7.10. The average Bonchev–Trinajstić information content (AvgIpc) is 2.78. The number of aliphatic imine (C=N–C) groups is 2. The molecule has 0 N–H and O–H groups in total. The lowest BCUT2D eigenvalue weighted by Gasteiger charge is -2.08. The van der Waals surface area contributed by atoms with Crippen molar-refractivity contribution >= 4 is 12.2 Å². The van der Waals surface area contributed by atoms with E-state index in [9.17, 15) is 0 Å². The Bertz CT molecular complexity index is 391. The quantitative estimate of drug-likeness (QED) is 0.749. The lowest BCUT2D eigenvalue weighted by atomic mass is 10.3. The smallest absolute Gasteiger partial charge is 0.311 e. The van der Waals surface area contributed by atoms with Crippen LogP contribution in [0.25, 0.3) is 0 Å². The molecule has 0 saturated carbocycles. The van der Waals surface area contributed by atoms with E-state index in [0.29, 0.717) is 18.4 Å². The Morgan fingerprint density at radius 1 is 1.44 bits per heavy atom. The van der Waals surface area contributed by atoms with E-state index in [2.05, 4.69) is 20.0 Å². The SMILES string of the molecule is CN=C1N=CC(CCOc2cncnc2)O1. The van der Waals surface area contributed by atoms with Gasteiger partial charge in [-0.15, -0.1) is 0 Å². The van der Waals surface area contributed by atoms with Gasteiger partial charge in [-0.3, -0.25) is 0 Å². The fourth-order valence-electron chi connectivity index (χ4n) is 1.24. The van der Waals surface area contributed by atoms with Gasteiger partial charge in [-0.25, -0.2) is 20.0 Å². The number of aromatic nitrogens is 2. The minimum Gasteiger partial charge on any atom is -0.490 e. The van der Waals surface area contributed by atoms with Crippen LogP contribution >= 0.6 is 0 Å². The van der Waals surface area contributed by atoms with Gasteiger partial charge >= 0.3 is 6.02 Å². The molecule has 84 valence electrons. The first-order chi connectivity index (χ1) is 7.88. The highest BCUT2D eigenvalue weighted by molar-refractivity contribution is 5.90. The number of amidine groups is 1. The maximum atomic E-state index is 5.43. The van der Waals surface area contributed by atoms with Crippen LogP contribution in [0.3, 0.4) is 0 Å². The van der Waals surface area contributed by atoms with Crippen LogP contribution in [-0.4, -0.2) is 42.0 Å². The minimum absolute atomic E-state index is 0.0525. The second kappa shape index (κ2) is 5.20. The standard InChI is InChI=1S/C10H12N4O2/c1-11-10-14-6-8(16-10)2-3-15-9-4-12-7-13-5-9/h4-8H,2-3H2,1H3. The van der Waals surface area contributed by atoms with E-state index in [0.717, 1.165) is 6.42 Å². The summed E-state index contributed by atoms with van der Waals surface area (Å²) in [5, 5.41) is 0. The molecule has 0 amide bonds. The summed E-state index contributed by atoms with van der Waals surface area (Å²) in [5.41, 5.74) is 0. The molecule has 16 heavy (non-hydrogen) atoms. The zero-order chi connectivity index (χ0) is 11.2. The number of nitrogens with zero attached hydrogens (tertiary/aromatic N) is 4. The lowest BCUT2D eigenvalue weighted by Crippen LogP contribution is -2.15. The second-order valence-corrected chi connectivity index (χ2v) is 3.15. The van der Waals surface area contributed by atoms with E-state index < -0.39 is 0 Å². The molecule has 1 aromatic rings. The number of hydrogen-bond acceptors (Lipinski definition) is 5. The van der Waals surface area contributed by atoms with Crippen molar-refractivity contribution in [2.75, 3.05) is 13.7 Å². The predicted octanol–water partition coefficient (Wildman–Crippen LogP) is 0.701. The van der Waals surface area contributed by atoms with E-state index in [1.54, 1.807) is 25.7 Å². The van der Waals surface area contributed by atoms with E-state index in [1.807, 2.05) is 0 Å². The molecule has 0 radical (unpaired) electrons. The summed E-state index contributed by atoms with van der Waals surface area (Å²) in [4.78, 5) is 15.5. The van der Waals surface area contributed by atoms with Crippen molar-refractivity contribution in [3.05, 3.63) is 18.7 Å². The van der Waals surface area contributed by atoms with Crippen LogP contribution < -0.4 is 4.74 Å². The highest BCUT2D eigenvalue weighted by Gasteiger charge is 2.16. The Morgan fingerprint density at radius 2 is 2.25 bits per heavy atom. The number of rotatable bonds is 4. The monoisotopic (exact) mass is 220 g/mol. The topological polar surface area (TPSA) is 69.0 Å². The Balaban J connectivity index is 1.72. The van der Waals surface area contributed by atoms with Gasteiger partial charge in [0.05, 0.1) is 25.2 Å². The van der Waals surface area contributed by atoms with Crippen LogP contribution in [-0.2, 0) is 4.74 Å². The van der Waals surface area contributed by atoms with Crippen molar-refractivity contribution in [1.29, 1.82) is 0 Å². The minimum atomic E-state index is -0.0525. The zero-order valence-corrected chi connectivity index (χ0v) is 8.91. The van der Waals surface area contributed by atoms with E-state index in [1.165, 1.54) is 6.33 Å². The van der Waals surface area contributed by atoms with Crippen LogP contribution in [0.4, 0.5) is 0 Å². The maximum absolute atomic E-state index is 5.43. The molecule has 1 unspecified atom stereocenters. The number of ether oxygens (including phenoxy) is 2. The third-order valence-electron chi connectivity index (χ3n) is 2.01. The fourth-order valence-corrected chi connectivity index (χ4v) is 1.24. The fraction of sp³-hybridized carbons (Fsp3) is 0.400. The molecule has 1 atom stereocenters. The third-order valence-corrected chi connectivity index (χ3v) is 2.01. The van der Waals surface area contributed by atoms with Crippen LogP contribution in [0.5, 0.6) is 5.75 Å². The maximum Gasteiger partial charge on any atom is 0.311 e. The van der Waals surface area contributed by atoms with Crippen molar-refractivity contribution < 1.29 is 9.47 Å². The van der Waals surface area contributed by atoms with E-state index in [4.69, 9.17) is 9.47 Å². The molecule has 2 heterocycles. The average molecular weight is 220 g/mol. The molecule has 1 aliphatic heterocycles. The van der Waals surface area contributed by atoms with Crippen LogP contribution in [0.1, 0.15) is 6.42 Å². The summed E-state index contributed by atoms with van der Waals surface area (Å²) in [6.45, 7) is 0.529. The Labute approximate surface area is 93.1 Å². The van der Waals surface area contributed by atoms with E-state index >= 15 is 0 Å². The zero-order valence-electron chi connectivity index (χ0n) is 8.91. The van der Waals surface area contributed by atoms with Crippen molar-refractivity contribution in [1.82, 2.24) is 9.97 Å². The molecule has 0 aromatic carbocycles. The molecule has 0 fully saturated rings. The Kier molecular flexibility index (Phi) is 3.42. The first-order valence-corrected chi connectivity index (χ1v) is 4.94. The Morgan fingerprint density at radius 3 is 2.94 bits per heavy atom. The number of hydrogen-bond donors (Lipinski definition) is 0. The highest BCUT2D eigenvalue weighted by atomic mass is 16.5. The van der Waals surface area contributed by atoms with Gasteiger partial charge in [-0.2, -0.15) is 0 Å². The normalized spacial score (nSPS) is 21.1. The van der Waals surface area contributed by atoms with Gasteiger partial charge in [0.15, 0.2) is 5.75 Å². The molecular formula is C10H12N4O2. The van der Waals surface area contributed by atoms with Crippen LogP contribution in [0, 0.1) is 0 Å². The van der Waals surface area contributed by atoms with Crippen molar-refractivity contribution in [2.24, 2.45) is 9.98 Å². The highest BCUT2D eigenvalue weighted by Crippen LogP contribution is 2.08. The molecule has 2 rings (SSSR count). The lowest BCUT2D eigenvalue weighted by molar-refractivity contribution is 0.211. The molecule has 1 aliphatic rings. The van der Waals surface area contributed by atoms with Crippen LogP contribution in [0.2, 0.25) is 0 Å².